The topological polar surface area (TPSA) is 70.4 Å². The molecule has 6 nitrogen and oxygen atoms in total. The summed E-state index contributed by atoms with van der Waals surface area (Å²) >= 11 is 5.88. The minimum absolute atomic E-state index is 0.0568. The van der Waals surface area contributed by atoms with E-state index in [2.05, 4.69) is 5.10 Å². The van der Waals surface area contributed by atoms with Gasteiger partial charge in [0.05, 0.1) is 18.4 Å². The van der Waals surface area contributed by atoms with Gasteiger partial charge in [-0.3, -0.25) is 4.79 Å². The Kier molecular flexibility index (Phi) is 6.11. The van der Waals surface area contributed by atoms with Crippen molar-refractivity contribution >= 4 is 17.6 Å². The predicted molar refractivity (Wildman–Crippen MR) is 106 cm³/mol. The summed E-state index contributed by atoms with van der Waals surface area (Å²) in [7, 11) is 0. The number of esters is 1. The number of benzene rings is 2. The number of hydrogen-bond acceptors (Lipinski definition) is 5. The minimum atomic E-state index is -0.657. The summed E-state index contributed by atoms with van der Waals surface area (Å²) in [6, 6.07) is 15.6. The van der Waals surface area contributed by atoms with Crippen LogP contribution in [-0.2, 0) is 11.3 Å². The number of ether oxygens (including phenoxy) is 2. The molecule has 28 heavy (non-hydrogen) atoms. The maximum absolute atomic E-state index is 12.6. The first kappa shape index (κ1) is 19.6. The molecule has 0 unspecified atom stereocenters. The van der Waals surface area contributed by atoms with Crippen LogP contribution in [0.4, 0.5) is 0 Å². The summed E-state index contributed by atoms with van der Waals surface area (Å²) in [4.78, 5) is 25.0. The van der Waals surface area contributed by atoms with Crippen LogP contribution < -0.4 is 10.3 Å². The van der Waals surface area contributed by atoms with Crippen LogP contribution in [0.15, 0.2) is 59.4 Å². The van der Waals surface area contributed by atoms with Crippen molar-refractivity contribution in [3.8, 4) is 11.4 Å². The second kappa shape index (κ2) is 8.71. The number of carbonyl (C=O) groups excluding carboxylic acids is 1. The Hall–Kier alpha value is -3.12. The van der Waals surface area contributed by atoms with Gasteiger partial charge in [-0.25, -0.2) is 4.79 Å². The summed E-state index contributed by atoms with van der Waals surface area (Å²) in [6.45, 7) is 3.89. The number of carbonyl (C=O) groups is 1. The number of hydrogen-bond donors (Lipinski definition) is 0. The summed E-state index contributed by atoms with van der Waals surface area (Å²) < 4.78 is 12.0. The number of halogens is 1. The third-order valence-electron chi connectivity index (χ3n) is 4.02. The zero-order valence-electron chi connectivity index (χ0n) is 15.5. The van der Waals surface area contributed by atoms with E-state index < -0.39 is 11.5 Å². The largest absolute Gasteiger partial charge is 0.486 e. The SMILES string of the molecule is CCOC(=O)c1nn(-c2ccccc2C)c(=O)cc1OCc1ccc(Cl)cc1. The first-order chi connectivity index (χ1) is 13.5. The van der Waals surface area contributed by atoms with Gasteiger partial charge in [0, 0.05) is 5.02 Å². The Bertz CT molecular complexity index is 1050. The smallest absolute Gasteiger partial charge is 0.362 e. The van der Waals surface area contributed by atoms with E-state index in [9.17, 15) is 9.59 Å². The number of rotatable bonds is 6. The number of aromatic nitrogens is 2. The summed E-state index contributed by atoms with van der Waals surface area (Å²) in [6.07, 6.45) is 0. The van der Waals surface area contributed by atoms with E-state index >= 15 is 0 Å². The van der Waals surface area contributed by atoms with Crippen LogP contribution in [-0.4, -0.2) is 22.4 Å². The molecule has 0 radical (unpaired) electrons. The van der Waals surface area contributed by atoms with Crippen molar-refractivity contribution < 1.29 is 14.3 Å². The fourth-order valence-electron chi connectivity index (χ4n) is 2.61. The molecular weight excluding hydrogens is 380 g/mol. The maximum atomic E-state index is 12.6. The molecule has 2 aromatic carbocycles. The molecule has 0 saturated carbocycles. The molecule has 0 aliphatic carbocycles. The van der Waals surface area contributed by atoms with Gasteiger partial charge in [0.1, 0.15) is 6.61 Å². The Labute approximate surface area is 167 Å². The Balaban J connectivity index is 2.00. The van der Waals surface area contributed by atoms with Gasteiger partial charge in [-0.1, -0.05) is 41.9 Å². The highest BCUT2D eigenvalue weighted by Crippen LogP contribution is 2.19. The van der Waals surface area contributed by atoms with Crippen LogP contribution >= 0.6 is 11.6 Å². The quantitative estimate of drug-likeness (QED) is 0.588. The lowest BCUT2D eigenvalue weighted by Crippen LogP contribution is -2.25. The van der Waals surface area contributed by atoms with Gasteiger partial charge < -0.3 is 9.47 Å². The van der Waals surface area contributed by atoms with Gasteiger partial charge in [0.15, 0.2) is 5.75 Å². The average molecular weight is 399 g/mol. The van der Waals surface area contributed by atoms with E-state index in [-0.39, 0.29) is 24.7 Å². The molecule has 0 bridgehead atoms. The molecule has 7 heteroatoms. The highest BCUT2D eigenvalue weighted by Gasteiger charge is 2.20. The van der Waals surface area contributed by atoms with Gasteiger partial charge in [-0.2, -0.15) is 9.78 Å². The highest BCUT2D eigenvalue weighted by molar-refractivity contribution is 6.30. The molecule has 1 aromatic heterocycles. The Morgan fingerprint density at radius 3 is 2.54 bits per heavy atom. The molecule has 0 aliphatic heterocycles. The zero-order chi connectivity index (χ0) is 20.1. The van der Waals surface area contributed by atoms with E-state index in [4.69, 9.17) is 21.1 Å². The normalized spacial score (nSPS) is 10.5. The molecule has 0 atom stereocenters. The third-order valence-corrected chi connectivity index (χ3v) is 4.27. The average Bonchev–Trinajstić information content (AvgIpc) is 2.68. The van der Waals surface area contributed by atoms with E-state index in [0.717, 1.165) is 11.1 Å². The number of para-hydroxylation sites is 1. The van der Waals surface area contributed by atoms with Crippen molar-refractivity contribution in [1.82, 2.24) is 9.78 Å². The minimum Gasteiger partial charge on any atom is -0.486 e. The standard InChI is InChI=1S/C21H19ClN2O4/c1-3-27-21(26)20-18(28-13-15-8-10-16(22)11-9-15)12-19(25)24(23-20)17-7-5-4-6-14(17)2/h4-12H,3,13H2,1-2H3. The fraction of sp³-hybridized carbons (Fsp3) is 0.190. The van der Waals surface area contributed by atoms with Gasteiger partial charge in [0.2, 0.25) is 5.69 Å². The first-order valence-corrected chi connectivity index (χ1v) is 9.12. The van der Waals surface area contributed by atoms with Crippen LogP contribution in [0, 0.1) is 6.92 Å². The third kappa shape index (κ3) is 4.40. The van der Waals surface area contributed by atoms with Gasteiger partial charge in [-0.05, 0) is 43.2 Å². The van der Waals surface area contributed by atoms with Crippen molar-refractivity contribution in [3.05, 3.63) is 86.8 Å². The summed E-state index contributed by atoms with van der Waals surface area (Å²) in [5.41, 5.74) is 1.80. The molecule has 0 saturated heterocycles. The Morgan fingerprint density at radius 1 is 1.14 bits per heavy atom. The van der Waals surface area contributed by atoms with Crippen molar-refractivity contribution in [3.63, 3.8) is 0 Å². The van der Waals surface area contributed by atoms with E-state index in [1.54, 1.807) is 43.3 Å². The molecule has 1 heterocycles. The molecular formula is C21H19ClN2O4. The van der Waals surface area contributed by atoms with Crippen molar-refractivity contribution in [2.75, 3.05) is 6.61 Å². The van der Waals surface area contributed by atoms with Crippen molar-refractivity contribution in [1.29, 1.82) is 0 Å². The van der Waals surface area contributed by atoms with Crippen LogP contribution in [0.1, 0.15) is 28.5 Å². The van der Waals surface area contributed by atoms with Gasteiger partial charge in [0.25, 0.3) is 5.56 Å². The fourth-order valence-corrected chi connectivity index (χ4v) is 2.73. The highest BCUT2D eigenvalue weighted by atomic mass is 35.5. The van der Waals surface area contributed by atoms with Crippen LogP contribution in [0.5, 0.6) is 5.75 Å². The molecule has 0 fully saturated rings. The first-order valence-electron chi connectivity index (χ1n) is 8.74. The number of nitrogens with zero attached hydrogens (tertiary/aromatic N) is 2. The lowest BCUT2D eigenvalue weighted by atomic mass is 10.2. The van der Waals surface area contributed by atoms with Crippen LogP contribution in [0.3, 0.4) is 0 Å². The lowest BCUT2D eigenvalue weighted by Gasteiger charge is -2.13. The number of aryl methyl sites for hydroxylation is 1. The second-order valence-electron chi connectivity index (χ2n) is 6.03. The van der Waals surface area contributed by atoms with Gasteiger partial charge >= 0.3 is 5.97 Å². The van der Waals surface area contributed by atoms with Crippen LogP contribution in [0.2, 0.25) is 5.02 Å². The molecule has 0 amide bonds. The van der Waals surface area contributed by atoms with Crippen molar-refractivity contribution in [2.24, 2.45) is 0 Å². The molecule has 0 aliphatic rings. The molecule has 144 valence electrons. The van der Waals surface area contributed by atoms with E-state index in [1.807, 2.05) is 19.1 Å². The molecule has 0 N–H and O–H groups in total. The monoisotopic (exact) mass is 398 g/mol. The molecule has 3 rings (SSSR count). The molecule has 3 aromatic rings. The zero-order valence-corrected chi connectivity index (χ0v) is 16.3. The predicted octanol–water partition coefficient (Wildman–Crippen LogP) is 3.95. The maximum Gasteiger partial charge on any atom is 0.362 e. The summed E-state index contributed by atoms with van der Waals surface area (Å²) in [5.74, 6) is -0.584. The van der Waals surface area contributed by atoms with E-state index in [1.165, 1.54) is 10.7 Å². The Morgan fingerprint density at radius 2 is 1.86 bits per heavy atom. The van der Waals surface area contributed by atoms with Gasteiger partial charge in [-0.15, -0.1) is 0 Å². The molecule has 0 spiro atoms. The van der Waals surface area contributed by atoms with Crippen LogP contribution in [0.25, 0.3) is 5.69 Å². The van der Waals surface area contributed by atoms with Crippen molar-refractivity contribution in [2.45, 2.75) is 20.5 Å². The van der Waals surface area contributed by atoms with E-state index in [0.29, 0.717) is 10.7 Å². The second-order valence-corrected chi connectivity index (χ2v) is 6.47. The summed E-state index contributed by atoms with van der Waals surface area (Å²) in [5, 5.41) is 4.84. The lowest BCUT2D eigenvalue weighted by molar-refractivity contribution is 0.0511.